The summed E-state index contributed by atoms with van der Waals surface area (Å²) in [5.74, 6) is 1.62. The second kappa shape index (κ2) is 4.03. The van der Waals surface area contributed by atoms with Gasteiger partial charge in [0.25, 0.3) is 0 Å². The predicted molar refractivity (Wildman–Crippen MR) is 30.1 cm³/mol. The molecule has 0 saturated carbocycles. The topological polar surface area (TPSA) is 34.1 Å². The maximum atomic E-state index is 9.68. The van der Waals surface area contributed by atoms with Gasteiger partial charge in [0.15, 0.2) is 0 Å². The lowest BCUT2D eigenvalue weighted by Crippen LogP contribution is -1.67. The highest BCUT2D eigenvalue weighted by atomic mass is 16.1. The second-order valence-electron chi connectivity index (χ2n) is 1.28. The van der Waals surface area contributed by atoms with Crippen molar-refractivity contribution in [1.29, 1.82) is 0 Å². The van der Waals surface area contributed by atoms with Crippen LogP contribution in [0.5, 0.6) is 0 Å². The van der Waals surface area contributed by atoms with Crippen LogP contribution in [0.1, 0.15) is 6.92 Å². The van der Waals surface area contributed by atoms with Crippen LogP contribution in [0.4, 0.5) is 0 Å². The Bertz CT molecular complexity index is 150. The van der Waals surface area contributed by atoms with Crippen LogP contribution in [0.25, 0.3) is 0 Å². The van der Waals surface area contributed by atoms with Crippen molar-refractivity contribution in [3.63, 3.8) is 0 Å². The standard InChI is InChI=1S/C6H6O2/c1-6(5-8)3-2-4-7/h2-4H,1H3. The maximum Gasteiger partial charge on any atom is 0.142 e. The quantitative estimate of drug-likeness (QED) is 0.225. The molecular formula is C6H6O2. The fourth-order valence-electron chi connectivity index (χ4n) is 0.218. The van der Waals surface area contributed by atoms with E-state index >= 15 is 0 Å². The summed E-state index contributed by atoms with van der Waals surface area (Å²) in [6.07, 6.45) is 3.26. The molecule has 0 aliphatic heterocycles. The number of hydrogen-bond donors (Lipinski definition) is 0. The summed E-state index contributed by atoms with van der Waals surface area (Å²) in [7, 11) is 0. The van der Waals surface area contributed by atoms with Crippen molar-refractivity contribution >= 4 is 12.2 Å². The first kappa shape index (κ1) is 6.86. The predicted octanol–water partition coefficient (Wildman–Crippen LogP) is 0.519. The molecule has 0 saturated heterocycles. The van der Waals surface area contributed by atoms with Gasteiger partial charge in [-0.25, -0.2) is 4.79 Å². The second-order valence-corrected chi connectivity index (χ2v) is 1.28. The fourth-order valence-corrected chi connectivity index (χ4v) is 0.218. The van der Waals surface area contributed by atoms with E-state index in [0.29, 0.717) is 11.9 Å². The summed E-state index contributed by atoms with van der Waals surface area (Å²) < 4.78 is 0. The van der Waals surface area contributed by atoms with Crippen LogP contribution in [0, 0.1) is 0 Å². The van der Waals surface area contributed by atoms with Gasteiger partial charge in [-0.2, -0.15) is 0 Å². The normalized spacial score (nSPS) is 8.62. The van der Waals surface area contributed by atoms with Gasteiger partial charge in [-0.15, -0.1) is 0 Å². The van der Waals surface area contributed by atoms with Crippen LogP contribution in [0.2, 0.25) is 0 Å². The van der Waals surface area contributed by atoms with Gasteiger partial charge in [-0.05, 0) is 19.1 Å². The molecule has 0 heterocycles. The monoisotopic (exact) mass is 110 g/mol. The third-order valence-corrected chi connectivity index (χ3v) is 0.586. The van der Waals surface area contributed by atoms with E-state index in [-0.39, 0.29) is 0 Å². The van der Waals surface area contributed by atoms with Gasteiger partial charge in [0.2, 0.25) is 0 Å². The average molecular weight is 110 g/mol. The molecule has 2 heteroatoms. The van der Waals surface area contributed by atoms with Crippen LogP contribution in [0.15, 0.2) is 17.7 Å². The Hall–Kier alpha value is -1.14. The van der Waals surface area contributed by atoms with E-state index in [9.17, 15) is 9.59 Å². The maximum absolute atomic E-state index is 9.68. The van der Waals surface area contributed by atoms with E-state index in [2.05, 4.69) is 0 Å². The van der Waals surface area contributed by atoms with E-state index in [1.165, 1.54) is 12.2 Å². The Labute approximate surface area is 47.5 Å². The highest BCUT2D eigenvalue weighted by Crippen LogP contribution is 1.83. The summed E-state index contributed by atoms with van der Waals surface area (Å²) in [6.45, 7) is 1.58. The molecule has 0 aromatic rings. The van der Waals surface area contributed by atoms with Gasteiger partial charge in [0.1, 0.15) is 12.2 Å². The van der Waals surface area contributed by atoms with Crippen LogP contribution in [-0.2, 0) is 9.59 Å². The molecule has 0 N–H and O–H groups in total. The number of carbonyl (C=O) groups is 1. The van der Waals surface area contributed by atoms with Crippen molar-refractivity contribution < 1.29 is 9.59 Å². The summed E-state index contributed by atoms with van der Waals surface area (Å²) in [4.78, 5) is 19.3. The molecule has 0 amide bonds. The van der Waals surface area contributed by atoms with Gasteiger partial charge in [0.05, 0.1) is 0 Å². The lowest BCUT2D eigenvalue weighted by molar-refractivity contribution is -0.104. The van der Waals surface area contributed by atoms with Crippen molar-refractivity contribution in [2.45, 2.75) is 6.92 Å². The average Bonchev–Trinajstić information content (AvgIpc) is 1.83. The summed E-state index contributed by atoms with van der Waals surface area (Å²) in [5, 5.41) is 0. The molecule has 0 fully saturated rings. The Morgan fingerprint density at radius 1 is 1.62 bits per heavy atom. The molecule has 0 radical (unpaired) electrons. The summed E-state index contributed by atoms with van der Waals surface area (Å²) >= 11 is 0. The minimum Gasteiger partial charge on any atom is -0.299 e. The molecule has 42 valence electrons. The zero-order chi connectivity index (χ0) is 6.41. The van der Waals surface area contributed by atoms with Gasteiger partial charge >= 0.3 is 0 Å². The molecule has 8 heavy (non-hydrogen) atoms. The fraction of sp³-hybridized carbons (Fsp3) is 0.167. The molecule has 0 aromatic carbocycles. The zero-order valence-corrected chi connectivity index (χ0v) is 4.55. The number of hydrogen-bond acceptors (Lipinski definition) is 2. The molecule has 0 rings (SSSR count). The van der Waals surface area contributed by atoms with Crippen molar-refractivity contribution in [2.24, 2.45) is 0 Å². The molecule has 0 atom stereocenters. The molecule has 0 aromatic heterocycles. The third kappa shape index (κ3) is 3.07. The van der Waals surface area contributed by atoms with E-state index in [0.717, 1.165) is 0 Å². The molecular weight excluding hydrogens is 104 g/mol. The van der Waals surface area contributed by atoms with Crippen LogP contribution >= 0.6 is 0 Å². The number of carbonyl (C=O) groups excluding carboxylic acids is 2. The van der Waals surface area contributed by atoms with Crippen molar-refractivity contribution in [3.05, 3.63) is 17.7 Å². The largest absolute Gasteiger partial charge is 0.299 e. The number of rotatable bonds is 2. The lowest BCUT2D eigenvalue weighted by atomic mass is 10.3. The van der Waals surface area contributed by atoms with E-state index < -0.39 is 0 Å². The molecule has 0 unspecified atom stereocenters. The minimum atomic E-state index is 0.428. The van der Waals surface area contributed by atoms with E-state index in [1.54, 1.807) is 12.9 Å². The number of allylic oxidation sites excluding steroid dienone is 3. The van der Waals surface area contributed by atoms with Crippen LogP contribution in [-0.4, -0.2) is 12.2 Å². The third-order valence-electron chi connectivity index (χ3n) is 0.586. The van der Waals surface area contributed by atoms with Crippen LogP contribution < -0.4 is 0 Å². The van der Waals surface area contributed by atoms with Gasteiger partial charge in [-0.1, -0.05) is 0 Å². The Morgan fingerprint density at radius 2 is 2.25 bits per heavy atom. The SMILES string of the molecule is CC(=C=O)C=CC=O. The van der Waals surface area contributed by atoms with E-state index in [1.807, 2.05) is 0 Å². The lowest BCUT2D eigenvalue weighted by Gasteiger charge is -1.72. The summed E-state index contributed by atoms with van der Waals surface area (Å²) in [6, 6.07) is 0. The number of aldehydes is 1. The molecule has 0 aliphatic rings. The Balaban J connectivity index is 3.89. The molecule has 2 nitrogen and oxygen atoms in total. The Morgan fingerprint density at radius 3 is 2.62 bits per heavy atom. The van der Waals surface area contributed by atoms with Crippen molar-refractivity contribution in [2.75, 3.05) is 0 Å². The first-order valence-electron chi connectivity index (χ1n) is 2.15. The van der Waals surface area contributed by atoms with Gasteiger partial charge in [0, 0.05) is 5.57 Å². The molecule has 0 aliphatic carbocycles. The van der Waals surface area contributed by atoms with E-state index in [4.69, 9.17) is 0 Å². The van der Waals surface area contributed by atoms with Gasteiger partial charge < -0.3 is 0 Å². The smallest absolute Gasteiger partial charge is 0.142 e. The summed E-state index contributed by atoms with van der Waals surface area (Å²) in [5.41, 5.74) is 0.428. The first-order valence-corrected chi connectivity index (χ1v) is 2.15. The minimum absolute atomic E-state index is 0.428. The Kier molecular flexibility index (Phi) is 3.46. The molecule has 0 bridgehead atoms. The highest BCUT2D eigenvalue weighted by molar-refractivity contribution is 5.68. The molecule has 0 spiro atoms. The zero-order valence-electron chi connectivity index (χ0n) is 4.55. The van der Waals surface area contributed by atoms with Crippen LogP contribution in [0.3, 0.4) is 0 Å². The first-order chi connectivity index (χ1) is 3.81. The van der Waals surface area contributed by atoms with Gasteiger partial charge in [-0.3, -0.25) is 4.79 Å². The van der Waals surface area contributed by atoms with Crippen molar-refractivity contribution in [3.8, 4) is 0 Å². The highest BCUT2D eigenvalue weighted by Gasteiger charge is 1.74. The van der Waals surface area contributed by atoms with Crippen molar-refractivity contribution in [1.82, 2.24) is 0 Å².